The van der Waals surface area contributed by atoms with Gasteiger partial charge < -0.3 is 10.1 Å². The summed E-state index contributed by atoms with van der Waals surface area (Å²) in [6, 6.07) is 15.2. The third-order valence-electron chi connectivity index (χ3n) is 3.99. The molecule has 2 aromatic carbocycles. The molecule has 1 unspecified atom stereocenters. The molecule has 0 saturated carbocycles. The normalized spacial score (nSPS) is 16.8. The topological polar surface area (TPSA) is 21.3 Å². The molecular formula is C18H20BrNO. The maximum atomic E-state index is 6.06. The van der Waals surface area contributed by atoms with Crippen LogP contribution in [0, 0.1) is 0 Å². The van der Waals surface area contributed by atoms with E-state index in [2.05, 4.69) is 70.6 Å². The molecule has 0 fully saturated rings. The zero-order valence-corrected chi connectivity index (χ0v) is 13.8. The van der Waals surface area contributed by atoms with Crippen LogP contribution in [-0.4, -0.2) is 6.54 Å². The predicted octanol–water partition coefficient (Wildman–Crippen LogP) is 4.62. The van der Waals surface area contributed by atoms with Crippen molar-refractivity contribution in [1.82, 2.24) is 5.32 Å². The van der Waals surface area contributed by atoms with Crippen LogP contribution in [0.4, 0.5) is 0 Å². The summed E-state index contributed by atoms with van der Waals surface area (Å²) in [5.74, 6) is 1.04. The quantitative estimate of drug-likeness (QED) is 0.853. The van der Waals surface area contributed by atoms with E-state index < -0.39 is 0 Å². The first-order chi connectivity index (χ1) is 10.3. The third-order valence-corrected chi connectivity index (χ3v) is 4.51. The Balaban J connectivity index is 1.73. The van der Waals surface area contributed by atoms with Gasteiger partial charge in [0.2, 0.25) is 0 Å². The minimum Gasteiger partial charge on any atom is -0.489 e. The van der Waals surface area contributed by atoms with Gasteiger partial charge in [0.25, 0.3) is 0 Å². The van der Waals surface area contributed by atoms with E-state index >= 15 is 0 Å². The van der Waals surface area contributed by atoms with Crippen molar-refractivity contribution in [3.05, 3.63) is 63.6 Å². The van der Waals surface area contributed by atoms with Crippen LogP contribution in [0.25, 0.3) is 0 Å². The Labute approximate surface area is 134 Å². The molecule has 1 aliphatic rings. The summed E-state index contributed by atoms with van der Waals surface area (Å²) in [5.41, 5.74) is 3.97. The minimum atomic E-state index is 0.487. The molecule has 0 heterocycles. The van der Waals surface area contributed by atoms with Crippen LogP contribution in [0.5, 0.6) is 5.75 Å². The van der Waals surface area contributed by atoms with Gasteiger partial charge in [-0.3, -0.25) is 0 Å². The van der Waals surface area contributed by atoms with Crippen LogP contribution in [0.15, 0.2) is 46.9 Å². The largest absolute Gasteiger partial charge is 0.489 e. The standard InChI is InChI=1S/C18H20BrNO/c1-2-20-17-11-10-16-15(17)4-3-5-18(16)21-12-13-6-8-14(19)9-7-13/h3-9,17,20H,2,10-12H2,1H3. The van der Waals surface area contributed by atoms with E-state index in [9.17, 15) is 0 Å². The molecule has 1 N–H and O–H groups in total. The molecule has 0 spiro atoms. The lowest BCUT2D eigenvalue weighted by atomic mass is 10.1. The lowest BCUT2D eigenvalue weighted by molar-refractivity contribution is 0.303. The minimum absolute atomic E-state index is 0.487. The summed E-state index contributed by atoms with van der Waals surface area (Å²) in [6.07, 6.45) is 2.27. The fourth-order valence-electron chi connectivity index (χ4n) is 2.96. The molecule has 0 aliphatic heterocycles. The predicted molar refractivity (Wildman–Crippen MR) is 89.7 cm³/mol. The Hall–Kier alpha value is -1.32. The Bertz CT molecular complexity index is 609. The molecule has 0 saturated heterocycles. The number of hydrogen-bond acceptors (Lipinski definition) is 2. The summed E-state index contributed by atoms with van der Waals surface area (Å²) in [7, 11) is 0. The van der Waals surface area contributed by atoms with E-state index in [1.165, 1.54) is 23.1 Å². The zero-order chi connectivity index (χ0) is 14.7. The Morgan fingerprint density at radius 2 is 2.00 bits per heavy atom. The van der Waals surface area contributed by atoms with Crippen molar-refractivity contribution in [2.24, 2.45) is 0 Å². The first-order valence-electron chi connectivity index (χ1n) is 7.50. The lowest BCUT2D eigenvalue weighted by Gasteiger charge is -2.14. The van der Waals surface area contributed by atoms with Crippen molar-refractivity contribution in [2.45, 2.75) is 32.4 Å². The summed E-state index contributed by atoms with van der Waals surface area (Å²) in [6.45, 7) is 3.79. The molecular weight excluding hydrogens is 326 g/mol. The molecule has 1 aliphatic carbocycles. The van der Waals surface area contributed by atoms with Crippen LogP contribution >= 0.6 is 15.9 Å². The third kappa shape index (κ3) is 3.30. The highest BCUT2D eigenvalue weighted by atomic mass is 79.9. The van der Waals surface area contributed by atoms with Crippen molar-refractivity contribution in [3.63, 3.8) is 0 Å². The second-order valence-corrected chi connectivity index (χ2v) is 6.30. The van der Waals surface area contributed by atoms with Gasteiger partial charge in [-0.1, -0.05) is 47.1 Å². The van der Waals surface area contributed by atoms with Crippen LogP contribution in [0.3, 0.4) is 0 Å². The second-order valence-electron chi connectivity index (χ2n) is 5.39. The van der Waals surface area contributed by atoms with Crippen LogP contribution in [0.1, 0.15) is 36.1 Å². The number of benzene rings is 2. The SMILES string of the molecule is CCNC1CCc2c(OCc3ccc(Br)cc3)cccc21. The molecule has 2 aromatic rings. The number of nitrogens with one attached hydrogen (secondary N) is 1. The first kappa shape index (κ1) is 14.6. The summed E-state index contributed by atoms with van der Waals surface area (Å²) >= 11 is 3.46. The van der Waals surface area contributed by atoms with Gasteiger partial charge in [0, 0.05) is 10.5 Å². The summed E-state index contributed by atoms with van der Waals surface area (Å²) in [5, 5.41) is 3.55. The molecule has 3 heteroatoms. The summed E-state index contributed by atoms with van der Waals surface area (Å²) < 4.78 is 7.16. The van der Waals surface area contributed by atoms with Gasteiger partial charge in [0.05, 0.1) is 0 Å². The smallest absolute Gasteiger partial charge is 0.123 e. The molecule has 0 bridgehead atoms. The number of ether oxygens (including phenoxy) is 1. The van der Waals surface area contributed by atoms with Crippen molar-refractivity contribution >= 4 is 15.9 Å². The number of fused-ring (bicyclic) bond motifs is 1. The lowest BCUT2D eigenvalue weighted by Crippen LogP contribution is -2.18. The Morgan fingerprint density at radius 3 is 2.76 bits per heavy atom. The van der Waals surface area contributed by atoms with Gasteiger partial charge in [0.15, 0.2) is 0 Å². The highest BCUT2D eigenvalue weighted by molar-refractivity contribution is 9.10. The first-order valence-corrected chi connectivity index (χ1v) is 8.29. The van der Waals surface area contributed by atoms with Crippen LogP contribution in [0.2, 0.25) is 0 Å². The van der Waals surface area contributed by atoms with Gasteiger partial charge in [-0.25, -0.2) is 0 Å². The van der Waals surface area contributed by atoms with Crippen molar-refractivity contribution in [2.75, 3.05) is 6.54 Å². The molecule has 110 valence electrons. The number of halogens is 1. The number of rotatable bonds is 5. The van der Waals surface area contributed by atoms with E-state index in [1.807, 2.05) is 0 Å². The van der Waals surface area contributed by atoms with Gasteiger partial charge in [0.1, 0.15) is 12.4 Å². The van der Waals surface area contributed by atoms with Gasteiger partial charge >= 0.3 is 0 Å². The highest BCUT2D eigenvalue weighted by Gasteiger charge is 2.24. The van der Waals surface area contributed by atoms with Gasteiger partial charge in [-0.15, -0.1) is 0 Å². The molecule has 0 aromatic heterocycles. The Kier molecular flexibility index (Phi) is 4.61. The maximum absolute atomic E-state index is 6.06. The highest BCUT2D eigenvalue weighted by Crippen LogP contribution is 2.37. The van der Waals surface area contributed by atoms with E-state index in [0.717, 1.165) is 23.2 Å². The molecule has 2 nitrogen and oxygen atoms in total. The van der Waals surface area contributed by atoms with E-state index in [-0.39, 0.29) is 0 Å². The maximum Gasteiger partial charge on any atom is 0.123 e. The van der Waals surface area contributed by atoms with Crippen molar-refractivity contribution in [1.29, 1.82) is 0 Å². The molecule has 3 rings (SSSR count). The van der Waals surface area contributed by atoms with Crippen LogP contribution in [-0.2, 0) is 13.0 Å². The summed E-state index contributed by atoms with van der Waals surface area (Å²) in [4.78, 5) is 0. The number of hydrogen-bond donors (Lipinski definition) is 1. The average molecular weight is 346 g/mol. The van der Waals surface area contributed by atoms with Crippen molar-refractivity contribution in [3.8, 4) is 5.75 Å². The zero-order valence-electron chi connectivity index (χ0n) is 12.2. The molecule has 0 amide bonds. The molecule has 1 atom stereocenters. The molecule has 0 radical (unpaired) electrons. The van der Waals surface area contributed by atoms with Gasteiger partial charge in [-0.05, 0) is 54.3 Å². The van der Waals surface area contributed by atoms with Gasteiger partial charge in [-0.2, -0.15) is 0 Å². The fraction of sp³-hybridized carbons (Fsp3) is 0.333. The van der Waals surface area contributed by atoms with E-state index in [0.29, 0.717) is 12.6 Å². The second kappa shape index (κ2) is 6.63. The Morgan fingerprint density at radius 1 is 1.19 bits per heavy atom. The van der Waals surface area contributed by atoms with E-state index in [1.54, 1.807) is 0 Å². The molecule has 21 heavy (non-hydrogen) atoms. The van der Waals surface area contributed by atoms with Crippen molar-refractivity contribution < 1.29 is 4.74 Å². The monoisotopic (exact) mass is 345 g/mol. The van der Waals surface area contributed by atoms with Crippen LogP contribution < -0.4 is 10.1 Å². The average Bonchev–Trinajstić information content (AvgIpc) is 2.91. The fourth-order valence-corrected chi connectivity index (χ4v) is 3.22. The van der Waals surface area contributed by atoms with E-state index in [4.69, 9.17) is 4.74 Å².